The zero-order chi connectivity index (χ0) is 19.4. The van der Waals surface area contributed by atoms with Crippen molar-refractivity contribution in [2.75, 3.05) is 14.2 Å². The van der Waals surface area contributed by atoms with E-state index in [2.05, 4.69) is 0 Å². The molecule has 0 aliphatic carbocycles. The summed E-state index contributed by atoms with van der Waals surface area (Å²) in [4.78, 5) is 1.24. The minimum Gasteiger partial charge on any atom is -0.496 e. The Bertz CT molecular complexity index is 929. The summed E-state index contributed by atoms with van der Waals surface area (Å²) in [6.07, 6.45) is -1.04. The van der Waals surface area contributed by atoms with E-state index in [1.54, 1.807) is 44.6 Å². The van der Waals surface area contributed by atoms with E-state index in [1.165, 1.54) is 0 Å². The van der Waals surface area contributed by atoms with Crippen molar-refractivity contribution in [1.82, 2.24) is 0 Å². The van der Waals surface area contributed by atoms with Gasteiger partial charge in [0.25, 0.3) is 0 Å². The Kier molecular flexibility index (Phi) is 5.94. The van der Waals surface area contributed by atoms with Crippen LogP contribution in [0.3, 0.4) is 0 Å². The Morgan fingerprint density at radius 3 is 2.04 bits per heavy atom. The lowest BCUT2D eigenvalue weighted by Crippen LogP contribution is -2.08. The first kappa shape index (κ1) is 19.1. The van der Waals surface area contributed by atoms with E-state index < -0.39 is 16.9 Å². The minimum atomic E-state index is -1.42. The summed E-state index contributed by atoms with van der Waals surface area (Å²) in [5, 5.41) is 11.1. The summed E-state index contributed by atoms with van der Waals surface area (Å²) in [7, 11) is 1.67. The van der Waals surface area contributed by atoms with Gasteiger partial charge in [-0.2, -0.15) is 0 Å². The number of aliphatic hydroxyl groups is 1. The van der Waals surface area contributed by atoms with Crippen molar-refractivity contribution in [3.8, 4) is 11.5 Å². The first-order chi connectivity index (χ1) is 13.1. The van der Waals surface area contributed by atoms with E-state index in [-0.39, 0.29) is 0 Å². The van der Waals surface area contributed by atoms with Crippen molar-refractivity contribution in [1.29, 1.82) is 0 Å². The number of ether oxygens (including phenoxy) is 2. The lowest BCUT2D eigenvalue weighted by Gasteiger charge is -2.20. The van der Waals surface area contributed by atoms with Crippen LogP contribution in [-0.4, -0.2) is 23.5 Å². The Morgan fingerprint density at radius 2 is 1.44 bits per heavy atom. The Labute approximate surface area is 161 Å². The predicted octanol–water partition coefficient (Wildman–Crippen LogP) is 4.26. The molecule has 3 aromatic carbocycles. The molecule has 1 N–H and O–H groups in total. The number of rotatable bonds is 6. The summed E-state index contributed by atoms with van der Waals surface area (Å²) >= 11 is 0. The molecule has 0 fully saturated rings. The van der Waals surface area contributed by atoms with Gasteiger partial charge in [0.1, 0.15) is 17.6 Å². The fraction of sp³-hybridized carbons (Fsp3) is 0.182. The third-order valence-corrected chi connectivity index (χ3v) is 5.86. The first-order valence-corrected chi connectivity index (χ1v) is 9.68. The van der Waals surface area contributed by atoms with Gasteiger partial charge in [0.2, 0.25) is 0 Å². The van der Waals surface area contributed by atoms with Crippen LogP contribution < -0.4 is 9.47 Å². The van der Waals surface area contributed by atoms with Crippen molar-refractivity contribution < 1.29 is 18.8 Å². The Balaban J connectivity index is 2.09. The maximum absolute atomic E-state index is 13.2. The fourth-order valence-electron chi connectivity index (χ4n) is 2.97. The van der Waals surface area contributed by atoms with Crippen molar-refractivity contribution in [3.05, 3.63) is 83.4 Å². The molecule has 5 heteroatoms. The molecule has 0 bridgehead atoms. The van der Waals surface area contributed by atoms with Crippen LogP contribution in [0.4, 0.5) is 0 Å². The van der Waals surface area contributed by atoms with E-state index >= 15 is 0 Å². The average Bonchev–Trinajstić information content (AvgIpc) is 2.72. The monoisotopic (exact) mass is 382 g/mol. The van der Waals surface area contributed by atoms with Crippen LogP contribution in [0.15, 0.2) is 76.5 Å². The van der Waals surface area contributed by atoms with Crippen LogP contribution in [0.25, 0.3) is 0 Å². The zero-order valence-electron chi connectivity index (χ0n) is 15.5. The lowest BCUT2D eigenvalue weighted by atomic mass is 9.99. The Morgan fingerprint density at radius 1 is 0.852 bits per heavy atom. The molecular weight excluding hydrogens is 360 g/mol. The molecule has 0 saturated carbocycles. The van der Waals surface area contributed by atoms with Gasteiger partial charge in [-0.05, 0) is 37.3 Å². The molecule has 27 heavy (non-hydrogen) atoms. The van der Waals surface area contributed by atoms with E-state index in [9.17, 15) is 9.32 Å². The number of hydrogen-bond acceptors (Lipinski definition) is 4. The third-order valence-electron chi connectivity index (χ3n) is 4.39. The number of aliphatic hydroxyl groups excluding tert-OH is 1. The summed E-state index contributed by atoms with van der Waals surface area (Å²) in [5.41, 5.74) is 2.16. The number of methoxy groups -OCH3 is 2. The van der Waals surface area contributed by atoms with Gasteiger partial charge in [0.05, 0.1) is 30.6 Å². The molecule has 0 aromatic heterocycles. The molecule has 0 radical (unpaired) electrons. The van der Waals surface area contributed by atoms with Crippen LogP contribution in [0.2, 0.25) is 0 Å². The quantitative estimate of drug-likeness (QED) is 0.692. The van der Waals surface area contributed by atoms with E-state index in [1.807, 2.05) is 43.3 Å². The molecule has 0 aliphatic rings. The standard InChI is InChI=1S/C22H22O4S/c1-15-11-13-16(14-12-15)27(24)20-10-5-4-7-17(20)22(23)21-18(25-2)8-6-9-19(21)26-3/h4-14,22-23H,1-3H3/t22-,27-/m0/s1. The highest BCUT2D eigenvalue weighted by Crippen LogP contribution is 2.39. The van der Waals surface area contributed by atoms with Gasteiger partial charge in [0.15, 0.2) is 0 Å². The van der Waals surface area contributed by atoms with Gasteiger partial charge in [0, 0.05) is 15.4 Å². The molecule has 0 amide bonds. The molecule has 0 aliphatic heterocycles. The molecule has 3 aromatic rings. The van der Waals surface area contributed by atoms with Crippen LogP contribution in [0.1, 0.15) is 22.8 Å². The normalized spacial score (nSPS) is 13.0. The second-order valence-corrected chi connectivity index (χ2v) is 7.55. The summed E-state index contributed by atoms with van der Waals surface area (Å²) in [5.74, 6) is 1.02. The summed E-state index contributed by atoms with van der Waals surface area (Å²) < 4.78 is 24.0. The highest BCUT2D eigenvalue weighted by molar-refractivity contribution is 7.85. The molecule has 140 valence electrons. The smallest absolute Gasteiger partial charge is 0.128 e. The molecule has 0 unspecified atom stereocenters. The SMILES string of the molecule is COc1cccc(OC)c1[C@@H](O)c1ccccc1[S@@](=O)c1ccc(C)cc1. The van der Waals surface area contributed by atoms with Crippen molar-refractivity contribution in [2.24, 2.45) is 0 Å². The van der Waals surface area contributed by atoms with Crippen molar-refractivity contribution in [3.63, 3.8) is 0 Å². The predicted molar refractivity (Wildman–Crippen MR) is 106 cm³/mol. The van der Waals surface area contributed by atoms with Gasteiger partial charge in [-0.15, -0.1) is 0 Å². The van der Waals surface area contributed by atoms with Gasteiger partial charge < -0.3 is 14.6 Å². The van der Waals surface area contributed by atoms with E-state index in [0.29, 0.717) is 32.4 Å². The average molecular weight is 382 g/mol. The summed E-state index contributed by atoms with van der Waals surface area (Å²) in [6, 6.07) is 20.1. The third kappa shape index (κ3) is 3.89. The second-order valence-electron chi connectivity index (χ2n) is 6.10. The molecule has 3 rings (SSSR count). The van der Waals surface area contributed by atoms with Crippen molar-refractivity contribution in [2.45, 2.75) is 22.8 Å². The number of benzene rings is 3. The van der Waals surface area contributed by atoms with Crippen LogP contribution in [-0.2, 0) is 10.8 Å². The zero-order valence-corrected chi connectivity index (χ0v) is 16.3. The molecule has 4 nitrogen and oxygen atoms in total. The molecule has 0 heterocycles. The van der Waals surface area contributed by atoms with Gasteiger partial charge >= 0.3 is 0 Å². The maximum atomic E-state index is 13.2. The molecule has 0 saturated heterocycles. The van der Waals surface area contributed by atoms with Crippen molar-refractivity contribution >= 4 is 10.8 Å². The highest BCUT2D eigenvalue weighted by atomic mass is 32.2. The number of aryl methyl sites for hydroxylation is 1. The molecule has 0 spiro atoms. The molecule has 2 atom stereocenters. The number of hydrogen-bond donors (Lipinski definition) is 1. The van der Waals surface area contributed by atoms with E-state index in [0.717, 1.165) is 5.56 Å². The van der Waals surface area contributed by atoms with Gasteiger partial charge in [-0.1, -0.05) is 42.0 Å². The molecular formula is C22H22O4S. The van der Waals surface area contributed by atoms with Gasteiger partial charge in [-0.3, -0.25) is 0 Å². The van der Waals surface area contributed by atoms with Crippen LogP contribution in [0, 0.1) is 6.92 Å². The minimum absolute atomic E-state index is 0.510. The topological polar surface area (TPSA) is 55.8 Å². The highest BCUT2D eigenvalue weighted by Gasteiger charge is 2.24. The van der Waals surface area contributed by atoms with E-state index in [4.69, 9.17) is 9.47 Å². The fourth-order valence-corrected chi connectivity index (χ4v) is 4.20. The maximum Gasteiger partial charge on any atom is 0.128 e. The van der Waals surface area contributed by atoms with Gasteiger partial charge in [-0.25, -0.2) is 4.21 Å². The summed E-state index contributed by atoms with van der Waals surface area (Å²) in [6.45, 7) is 1.98. The first-order valence-electron chi connectivity index (χ1n) is 8.53. The van der Waals surface area contributed by atoms with Crippen LogP contribution >= 0.6 is 0 Å². The Hall–Kier alpha value is -2.63. The lowest BCUT2D eigenvalue weighted by molar-refractivity contribution is 0.206. The van der Waals surface area contributed by atoms with Crippen LogP contribution in [0.5, 0.6) is 11.5 Å². The largest absolute Gasteiger partial charge is 0.496 e. The second kappa shape index (κ2) is 8.37.